The van der Waals surface area contributed by atoms with E-state index in [4.69, 9.17) is 0 Å². The Labute approximate surface area is 168 Å². The molecule has 0 rings (SSSR count). The average Bonchev–Trinajstić information content (AvgIpc) is 2.64. The van der Waals surface area contributed by atoms with Crippen molar-refractivity contribution in [2.24, 2.45) is 0 Å². The summed E-state index contributed by atoms with van der Waals surface area (Å²) in [6.07, 6.45) is 12.5. The lowest BCUT2D eigenvalue weighted by atomic mass is 10.0. The summed E-state index contributed by atoms with van der Waals surface area (Å²) in [5.74, 6) is -3.59. The highest BCUT2D eigenvalue weighted by molar-refractivity contribution is 5.77. The van der Waals surface area contributed by atoms with Crippen LogP contribution < -0.4 is 0 Å². The third-order valence-corrected chi connectivity index (χ3v) is 5.81. The summed E-state index contributed by atoms with van der Waals surface area (Å²) < 4.78 is -0.526. The molecular weight excluding hydrogens is 362 g/mol. The molecule has 0 aliphatic heterocycles. The molecule has 162 valence electrons. The number of aliphatic carboxylic acids is 3. The lowest BCUT2D eigenvalue weighted by molar-refractivity contribution is -0.967. The number of rotatable bonds is 16. The topological polar surface area (TPSA) is 112 Å². The van der Waals surface area contributed by atoms with Gasteiger partial charge in [0.25, 0.3) is 0 Å². The molecule has 0 fully saturated rings. The molecule has 0 amide bonds. The largest absolute Gasteiger partial charge is 0.477 e. The third-order valence-electron chi connectivity index (χ3n) is 5.81. The fourth-order valence-electron chi connectivity index (χ4n) is 3.78. The lowest BCUT2D eigenvalue weighted by Crippen LogP contribution is -2.70. The maximum Gasteiger partial charge on any atom is 0.362 e. The summed E-state index contributed by atoms with van der Waals surface area (Å²) in [5.41, 5.74) is 0. The zero-order valence-electron chi connectivity index (χ0n) is 17.8. The van der Waals surface area contributed by atoms with Crippen molar-refractivity contribution in [3.8, 4) is 0 Å². The minimum atomic E-state index is -1.20. The van der Waals surface area contributed by atoms with Crippen LogP contribution in [0.4, 0.5) is 0 Å². The Morgan fingerprint density at radius 2 is 1.11 bits per heavy atom. The zero-order valence-corrected chi connectivity index (χ0v) is 17.8. The molecule has 3 atom stereocenters. The van der Waals surface area contributed by atoms with Gasteiger partial charge in [0.2, 0.25) is 0 Å². The summed E-state index contributed by atoms with van der Waals surface area (Å²) >= 11 is 0. The Bertz CT molecular complexity index is 481. The van der Waals surface area contributed by atoms with Gasteiger partial charge in [0.05, 0.1) is 6.54 Å². The SMILES string of the molecule is CCCCCCCC/C=C/CC[N+](C(C)C(=O)O)(C(C)C(=O)O)C(C)C(=O)O. The van der Waals surface area contributed by atoms with Crippen molar-refractivity contribution in [2.45, 2.75) is 97.2 Å². The van der Waals surface area contributed by atoms with Crippen LogP contribution in [0, 0.1) is 0 Å². The summed E-state index contributed by atoms with van der Waals surface area (Å²) in [6, 6.07) is -3.45. The second kappa shape index (κ2) is 13.3. The van der Waals surface area contributed by atoms with Crippen LogP contribution in [0.2, 0.25) is 0 Å². The molecule has 0 spiro atoms. The van der Waals surface area contributed by atoms with Crippen LogP contribution in [0.3, 0.4) is 0 Å². The predicted molar refractivity (Wildman–Crippen MR) is 108 cm³/mol. The highest BCUT2D eigenvalue weighted by atomic mass is 16.4. The Morgan fingerprint density at radius 1 is 0.714 bits per heavy atom. The molecule has 0 saturated carbocycles. The number of hydrogen-bond acceptors (Lipinski definition) is 3. The molecule has 0 bridgehead atoms. The molecule has 0 heterocycles. The van der Waals surface area contributed by atoms with Gasteiger partial charge < -0.3 is 15.3 Å². The normalized spacial score (nSPS) is 17.0. The number of hydrogen-bond donors (Lipinski definition) is 3. The van der Waals surface area contributed by atoms with Crippen molar-refractivity contribution in [1.82, 2.24) is 0 Å². The van der Waals surface area contributed by atoms with Crippen molar-refractivity contribution >= 4 is 17.9 Å². The van der Waals surface area contributed by atoms with Gasteiger partial charge in [-0.05, 0) is 33.6 Å². The van der Waals surface area contributed by atoms with E-state index in [1.165, 1.54) is 52.9 Å². The van der Waals surface area contributed by atoms with Gasteiger partial charge >= 0.3 is 17.9 Å². The number of allylic oxidation sites excluding steroid dienone is 1. The lowest BCUT2D eigenvalue weighted by Gasteiger charge is -2.47. The van der Waals surface area contributed by atoms with Gasteiger partial charge in [-0.1, -0.05) is 51.2 Å². The van der Waals surface area contributed by atoms with Crippen molar-refractivity contribution in [3.05, 3.63) is 12.2 Å². The average molecular weight is 401 g/mol. The molecule has 7 nitrogen and oxygen atoms in total. The molecule has 0 aromatic carbocycles. The first kappa shape index (κ1) is 26.1. The standard InChI is InChI=1S/C21H37NO6/c1-5-6-7-8-9-10-11-12-13-14-15-22(16(2)19(23)24,17(3)20(25)26)18(4)21(27)28/h12-13,16-18H,5-11,14-15H2,1-4H3,(H2-,23,24,25,26,27,28)/p+1/b13-12+. The predicted octanol–water partition coefficient (Wildman–Crippen LogP) is 3.92. The fraction of sp³-hybridized carbons (Fsp3) is 0.762. The number of nitrogens with zero attached hydrogens (tertiary/aromatic N) is 1. The zero-order chi connectivity index (χ0) is 21.7. The molecule has 0 aromatic heterocycles. The molecule has 0 aliphatic carbocycles. The summed E-state index contributed by atoms with van der Waals surface area (Å²) in [6.45, 7) is 6.49. The minimum Gasteiger partial charge on any atom is -0.477 e. The van der Waals surface area contributed by atoms with Gasteiger partial charge in [0.15, 0.2) is 18.1 Å². The molecule has 0 aromatic rings. The van der Waals surface area contributed by atoms with Crippen LogP contribution in [-0.4, -0.2) is 62.4 Å². The van der Waals surface area contributed by atoms with Gasteiger partial charge in [-0.25, -0.2) is 14.4 Å². The van der Waals surface area contributed by atoms with Crippen LogP contribution in [-0.2, 0) is 14.4 Å². The third kappa shape index (κ3) is 7.62. The molecule has 0 saturated heterocycles. The quantitative estimate of drug-likeness (QED) is 0.206. The van der Waals surface area contributed by atoms with E-state index >= 15 is 0 Å². The second-order valence-corrected chi connectivity index (χ2v) is 7.58. The van der Waals surface area contributed by atoms with Crippen LogP contribution in [0.15, 0.2) is 12.2 Å². The summed E-state index contributed by atoms with van der Waals surface area (Å²) in [4.78, 5) is 35.0. The van der Waals surface area contributed by atoms with E-state index in [9.17, 15) is 29.7 Å². The molecule has 0 radical (unpaired) electrons. The summed E-state index contributed by atoms with van der Waals surface area (Å²) in [5, 5.41) is 28.6. The fourth-order valence-corrected chi connectivity index (χ4v) is 3.78. The Balaban J connectivity index is 5.08. The van der Waals surface area contributed by atoms with Gasteiger partial charge in [0, 0.05) is 6.42 Å². The van der Waals surface area contributed by atoms with E-state index in [2.05, 4.69) is 6.92 Å². The van der Waals surface area contributed by atoms with E-state index in [0.717, 1.165) is 12.8 Å². The highest BCUT2D eigenvalue weighted by Gasteiger charge is 2.52. The van der Waals surface area contributed by atoms with Gasteiger partial charge in [-0.2, -0.15) is 0 Å². The maximum atomic E-state index is 11.7. The molecule has 3 unspecified atom stereocenters. The second-order valence-electron chi connectivity index (χ2n) is 7.58. The number of carboxylic acid groups (broad SMARTS) is 3. The number of carbonyl (C=O) groups is 3. The van der Waals surface area contributed by atoms with Crippen molar-refractivity contribution in [3.63, 3.8) is 0 Å². The van der Waals surface area contributed by atoms with Crippen molar-refractivity contribution in [1.29, 1.82) is 0 Å². The molecule has 0 aliphatic rings. The number of quaternary nitrogens is 1. The van der Waals surface area contributed by atoms with Crippen LogP contribution >= 0.6 is 0 Å². The Morgan fingerprint density at radius 3 is 1.54 bits per heavy atom. The first-order chi connectivity index (χ1) is 13.1. The van der Waals surface area contributed by atoms with Gasteiger partial charge in [-0.15, -0.1) is 0 Å². The number of unbranched alkanes of at least 4 members (excludes halogenated alkanes) is 6. The van der Waals surface area contributed by atoms with Crippen LogP contribution in [0.1, 0.15) is 79.1 Å². The molecule has 3 N–H and O–H groups in total. The Kier molecular flexibility index (Phi) is 12.4. The van der Waals surface area contributed by atoms with Crippen molar-refractivity contribution in [2.75, 3.05) is 6.54 Å². The van der Waals surface area contributed by atoms with Crippen LogP contribution in [0.5, 0.6) is 0 Å². The smallest absolute Gasteiger partial charge is 0.362 e. The van der Waals surface area contributed by atoms with E-state index < -0.39 is 40.5 Å². The Hall–Kier alpha value is -1.89. The first-order valence-electron chi connectivity index (χ1n) is 10.3. The molecule has 28 heavy (non-hydrogen) atoms. The van der Waals surface area contributed by atoms with Gasteiger partial charge in [-0.3, -0.25) is 4.48 Å². The maximum absolute atomic E-state index is 11.7. The highest BCUT2D eigenvalue weighted by Crippen LogP contribution is 2.27. The first-order valence-corrected chi connectivity index (χ1v) is 10.3. The summed E-state index contributed by atoms with van der Waals surface area (Å²) in [7, 11) is 0. The minimum absolute atomic E-state index is 0.140. The molecule has 7 heteroatoms. The van der Waals surface area contributed by atoms with E-state index in [1.807, 2.05) is 12.2 Å². The number of carboxylic acids is 3. The monoisotopic (exact) mass is 400 g/mol. The van der Waals surface area contributed by atoms with E-state index in [1.54, 1.807) is 0 Å². The van der Waals surface area contributed by atoms with Crippen LogP contribution in [0.25, 0.3) is 0 Å². The van der Waals surface area contributed by atoms with E-state index in [0.29, 0.717) is 6.42 Å². The van der Waals surface area contributed by atoms with Gasteiger partial charge in [0.1, 0.15) is 0 Å². The van der Waals surface area contributed by atoms with Crippen molar-refractivity contribution < 1.29 is 34.2 Å². The molecular formula is C21H38NO6+. The van der Waals surface area contributed by atoms with E-state index in [-0.39, 0.29) is 6.54 Å².